The number of oxazole rings is 1. The van der Waals surface area contributed by atoms with E-state index >= 15 is 0 Å². The molecule has 0 atom stereocenters. The highest BCUT2D eigenvalue weighted by Gasteiger charge is 2.31. The fraction of sp³-hybridized carbons (Fsp3) is 0.429. The molecule has 3 aromatic rings. The molecular formula is C14H17N7O. The number of aryl methyl sites for hydroxylation is 1. The second kappa shape index (κ2) is 5.06. The first-order valence-electron chi connectivity index (χ1n) is 7.22. The van der Waals surface area contributed by atoms with Gasteiger partial charge in [-0.3, -0.25) is 4.90 Å². The molecule has 0 unspecified atom stereocenters. The van der Waals surface area contributed by atoms with Gasteiger partial charge in [0.1, 0.15) is 18.4 Å². The molecule has 3 aromatic heterocycles. The molecule has 22 heavy (non-hydrogen) atoms. The van der Waals surface area contributed by atoms with Crippen molar-refractivity contribution in [2.75, 3.05) is 25.0 Å². The third kappa shape index (κ3) is 2.31. The molecular weight excluding hydrogens is 282 g/mol. The maximum Gasteiger partial charge on any atom is 0.191 e. The van der Waals surface area contributed by atoms with Crippen molar-refractivity contribution in [3.63, 3.8) is 0 Å². The van der Waals surface area contributed by atoms with E-state index < -0.39 is 0 Å². The van der Waals surface area contributed by atoms with Gasteiger partial charge in [-0.25, -0.2) is 4.98 Å². The summed E-state index contributed by atoms with van der Waals surface area (Å²) in [6.45, 7) is 4.57. The first kappa shape index (κ1) is 13.2. The van der Waals surface area contributed by atoms with Crippen LogP contribution < -0.4 is 4.90 Å². The average molecular weight is 299 g/mol. The highest BCUT2D eigenvalue weighted by Crippen LogP contribution is 2.22. The quantitative estimate of drug-likeness (QED) is 0.703. The molecule has 0 amide bonds. The van der Waals surface area contributed by atoms with Crippen LogP contribution in [0.2, 0.25) is 0 Å². The first-order chi connectivity index (χ1) is 10.7. The summed E-state index contributed by atoms with van der Waals surface area (Å²) in [5.41, 5.74) is 1.74. The molecule has 1 fully saturated rings. The van der Waals surface area contributed by atoms with Crippen molar-refractivity contribution in [1.82, 2.24) is 29.7 Å². The number of fused-ring (bicyclic) bond motifs is 1. The normalized spacial score (nSPS) is 15.7. The monoisotopic (exact) mass is 299 g/mol. The van der Waals surface area contributed by atoms with Crippen molar-refractivity contribution in [2.45, 2.75) is 19.5 Å². The van der Waals surface area contributed by atoms with Crippen LogP contribution in [0.3, 0.4) is 0 Å². The topological polar surface area (TPSA) is 75.6 Å². The summed E-state index contributed by atoms with van der Waals surface area (Å²) < 4.78 is 6.95. The van der Waals surface area contributed by atoms with Gasteiger partial charge < -0.3 is 9.32 Å². The van der Waals surface area contributed by atoms with Crippen molar-refractivity contribution in [3.8, 4) is 0 Å². The van der Waals surface area contributed by atoms with Gasteiger partial charge in [-0.1, -0.05) is 0 Å². The van der Waals surface area contributed by atoms with Crippen LogP contribution in [0, 0.1) is 6.92 Å². The van der Waals surface area contributed by atoms with E-state index in [0.29, 0.717) is 11.9 Å². The summed E-state index contributed by atoms with van der Waals surface area (Å²) in [6.07, 6.45) is 3.35. The lowest BCUT2D eigenvalue weighted by Crippen LogP contribution is -2.58. The minimum absolute atomic E-state index is 0.496. The van der Waals surface area contributed by atoms with Gasteiger partial charge in [-0.2, -0.15) is 4.52 Å². The van der Waals surface area contributed by atoms with Crippen LogP contribution in [-0.2, 0) is 6.54 Å². The average Bonchev–Trinajstić information content (AvgIpc) is 3.05. The standard InChI is InChI=1S/C14H17N7O/c1-10-16-11(8-22-10)5-19(2)12-6-20(7-12)14-4-3-13-17-15-9-21(13)18-14/h3-4,8-9,12H,5-7H2,1-2H3. The summed E-state index contributed by atoms with van der Waals surface area (Å²) in [6, 6.07) is 4.42. The van der Waals surface area contributed by atoms with E-state index in [4.69, 9.17) is 4.42 Å². The smallest absolute Gasteiger partial charge is 0.191 e. The Morgan fingerprint density at radius 2 is 2.23 bits per heavy atom. The van der Waals surface area contributed by atoms with Gasteiger partial charge in [0.15, 0.2) is 11.5 Å². The Labute approximate surface area is 127 Å². The van der Waals surface area contributed by atoms with Crippen LogP contribution in [-0.4, -0.2) is 55.9 Å². The Morgan fingerprint density at radius 1 is 1.36 bits per heavy atom. The molecule has 0 aromatic carbocycles. The maximum absolute atomic E-state index is 5.25. The zero-order valence-electron chi connectivity index (χ0n) is 12.5. The Morgan fingerprint density at radius 3 is 3.00 bits per heavy atom. The van der Waals surface area contributed by atoms with E-state index in [1.54, 1.807) is 17.1 Å². The Bertz CT molecular complexity index is 789. The van der Waals surface area contributed by atoms with Gasteiger partial charge in [0.05, 0.1) is 5.69 Å². The zero-order chi connectivity index (χ0) is 15.1. The number of nitrogens with zero attached hydrogens (tertiary/aromatic N) is 7. The van der Waals surface area contributed by atoms with E-state index in [1.165, 1.54) is 0 Å². The first-order valence-corrected chi connectivity index (χ1v) is 7.22. The highest BCUT2D eigenvalue weighted by molar-refractivity contribution is 5.47. The number of aromatic nitrogens is 5. The fourth-order valence-electron chi connectivity index (χ4n) is 2.67. The van der Waals surface area contributed by atoms with Crippen molar-refractivity contribution in [1.29, 1.82) is 0 Å². The van der Waals surface area contributed by atoms with Gasteiger partial charge >= 0.3 is 0 Å². The molecule has 1 aliphatic heterocycles. The lowest BCUT2D eigenvalue weighted by molar-refractivity contribution is 0.194. The Kier molecular flexibility index (Phi) is 3.04. The molecule has 8 heteroatoms. The van der Waals surface area contributed by atoms with E-state index in [2.05, 4.69) is 37.1 Å². The molecule has 0 spiro atoms. The largest absolute Gasteiger partial charge is 0.449 e. The van der Waals surface area contributed by atoms with Crippen molar-refractivity contribution >= 4 is 11.5 Å². The van der Waals surface area contributed by atoms with Crippen molar-refractivity contribution in [2.24, 2.45) is 0 Å². The Balaban J connectivity index is 1.38. The summed E-state index contributed by atoms with van der Waals surface area (Å²) in [5, 5.41) is 12.3. The summed E-state index contributed by atoms with van der Waals surface area (Å²) in [5.74, 6) is 1.67. The molecule has 1 saturated heterocycles. The van der Waals surface area contributed by atoms with Crippen molar-refractivity contribution < 1.29 is 4.42 Å². The van der Waals surface area contributed by atoms with E-state index in [9.17, 15) is 0 Å². The maximum atomic E-state index is 5.25. The van der Waals surface area contributed by atoms with Gasteiger partial charge in [-0.15, -0.1) is 15.3 Å². The minimum atomic E-state index is 0.496. The second-order valence-electron chi connectivity index (χ2n) is 5.66. The number of likely N-dealkylation sites (N-methyl/N-ethyl adjacent to an activating group) is 1. The van der Waals surface area contributed by atoms with Crippen LogP contribution in [0.15, 0.2) is 29.1 Å². The van der Waals surface area contributed by atoms with Crippen LogP contribution >= 0.6 is 0 Å². The summed E-state index contributed by atoms with van der Waals surface area (Å²) in [4.78, 5) is 8.89. The number of hydrogen-bond acceptors (Lipinski definition) is 7. The molecule has 0 radical (unpaired) electrons. The minimum Gasteiger partial charge on any atom is -0.449 e. The second-order valence-corrected chi connectivity index (χ2v) is 5.66. The van der Waals surface area contributed by atoms with E-state index in [1.807, 2.05) is 19.1 Å². The molecule has 114 valence electrons. The summed E-state index contributed by atoms with van der Waals surface area (Å²) >= 11 is 0. The van der Waals surface area contributed by atoms with Crippen LogP contribution in [0.25, 0.3) is 5.65 Å². The SMILES string of the molecule is Cc1nc(CN(C)C2CN(c3ccc4nncn4n3)C2)co1. The zero-order valence-corrected chi connectivity index (χ0v) is 12.5. The predicted molar refractivity (Wildman–Crippen MR) is 79.5 cm³/mol. The molecule has 0 aliphatic carbocycles. The third-order valence-electron chi connectivity index (χ3n) is 4.04. The van der Waals surface area contributed by atoms with Gasteiger partial charge in [-0.05, 0) is 19.2 Å². The number of rotatable bonds is 4. The van der Waals surface area contributed by atoms with E-state index in [0.717, 1.165) is 36.8 Å². The van der Waals surface area contributed by atoms with Crippen LogP contribution in [0.1, 0.15) is 11.6 Å². The number of hydrogen-bond donors (Lipinski definition) is 0. The Hall–Kier alpha value is -2.48. The molecule has 8 nitrogen and oxygen atoms in total. The molecule has 4 heterocycles. The van der Waals surface area contributed by atoms with Crippen LogP contribution in [0.5, 0.6) is 0 Å². The summed E-state index contributed by atoms with van der Waals surface area (Å²) in [7, 11) is 2.11. The molecule has 1 aliphatic rings. The van der Waals surface area contributed by atoms with Crippen LogP contribution in [0.4, 0.5) is 5.82 Å². The van der Waals surface area contributed by atoms with Gasteiger partial charge in [0.25, 0.3) is 0 Å². The molecule has 0 N–H and O–H groups in total. The highest BCUT2D eigenvalue weighted by atomic mass is 16.3. The molecule has 0 bridgehead atoms. The predicted octanol–water partition coefficient (Wildman–Crippen LogP) is 0.741. The number of anilines is 1. The van der Waals surface area contributed by atoms with Gasteiger partial charge in [0.2, 0.25) is 0 Å². The van der Waals surface area contributed by atoms with E-state index in [-0.39, 0.29) is 0 Å². The lowest BCUT2D eigenvalue weighted by atomic mass is 10.1. The lowest BCUT2D eigenvalue weighted by Gasteiger charge is -2.44. The van der Waals surface area contributed by atoms with Gasteiger partial charge in [0, 0.05) is 32.6 Å². The third-order valence-corrected chi connectivity index (χ3v) is 4.04. The van der Waals surface area contributed by atoms with Crippen molar-refractivity contribution in [3.05, 3.63) is 36.3 Å². The molecule has 0 saturated carbocycles. The molecule has 4 rings (SSSR count). The fourth-order valence-corrected chi connectivity index (χ4v) is 2.67.